The van der Waals surface area contributed by atoms with E-state index < -0.39 is 17.5 Å². The van der Waals surface area contributed by atoms with Crippen molar-refractivity contribution in [1.82, 2.24) is 0 Å². The minimum absolute atomic E-state index is 0.0225. The van der Waals surface area contributed by atoms with Gasteiger partial charge in [-0.05, 0) is 129 Å². The van der Waals surface area contributed by atoms with Crippen molar-refractivity contribution < 1.29 is 20.1 Å². The fourth-order valence-corrected chi connectivity index (χ4v) is 11.5. The normalized spacial score (nSPS) is 56.6. The Labute approximate surface area is 206 Å². The zero-order valence-electron chi connectivity index (χ0n) is 22.2. The first-order valence-electron chi connectivity index (χ1n) is 14.0. The predicted molar refractivity (Wildman–Crippen MR) is 134 cm³/mol. The van der Waals surface area contributed by atoms with E-state index in [-0.39, 0.29) is 27.6 Å². The van der Waals surface area contributed by atoms with Gasteiger partial charge in [-0.15, -0.1) is 0 Å². The Hall–Kier alpha value is -0.870. The van der Waals surface area contributed by atoms with Crippen LogP contribution in [0.25, 0.3) is 0 Å². The molecule has 192 valence electrons. The summed E-state index contributed by atoms with van der Waals surface area (Å²) in [6.45, 7) is 16.2. The number of carbonyl (C=O) groups is 1. The number of aliphatic hydroxyl groups is 2. The summed E-state index contributed by atoms with van der Waals surface area (Å²) in [7, 11) is 0. The molecule has 0 radical (unpaired) electrons. The topological polar surface area (TPSA) is 77.8 Å². The molecule has 5 aliphatic rings. The summed E-state index contributed by atoms with van der Waals surface area (Å²) in [5.74, 6) is 1.32. The van der Waals surface area contributed by atoms with Gasteiger partial charge in [-0.25, -0.2) is 0 Å². The molecular formula is C30H48O4. The lowest BCUT2D eigenvalue weighted by Gasteiger charge is -2.72. The molecule has 0 aromatic carbocycles. The summed E-state index contributed by atoms with van der Waals surface area (Å²) in [4.78, 5) is 12.5. The molecule has 0 aliphatic heterocycles. The largest absolute Gasteiger partial charge is 0.481 e. The number of fused-ring (bicyclic) bond motifs is 7. The molecule has 3 N–H and O–H groups in total. The average molecular weight is 473 g/mol. The van der Waals surface area contributed by atoms with E-state index in [1.807, 2.05) is 6.92 Å². The van der Waals surface area contributed by atoms with Crippen LogP contribution < -0.4 is 0 Å². The smallest absolute Gasteiger partial charge is 0.312 e. The van der Waals surface area contributed by atoms with Crippen LogP contribution in [0.5, 0.6) is 0 Å². The minimum atomic E-state index is -1.05. The molecule has 5 saturated carbocycles. The van der Waals surface area contributed by atoms with Crippen molar-refractivity contribution in [3.8, 4) is 0 Å². The van der Waals surface area contributed by atoms with Crippen LogP contribution in [0.3, 0.4) is 0 Å². The Morgan fingerprint density at radius 3 is 2.21 bits per heavy atom. The lowest BCUT2D eigenvalue weighted by Crippen LogP contribution is -2.68. The number of aliphatic hydroxyl groups excluding tert-OH is 2. The van der Waals surface area contributed by atoms with Gasteiger partial charge in [-0.3, -0.25) is 4.79 Å². The number of rotatable bonds is 3. The Morgan fingerprint density at radius 2 is 1.59 bits per heavy atom. The van der Waals surface area contributed by atoms with Crippen molar-refractivity contribution in [3.63, 3.8) is 0 Å². The van der Waals surface area contributed by atoms with Gasteiger partial charge in [0.25, 0.3) is 0 Å². The van der Waals surface area contributed by atoms with E-state index in [9.17, 15) is 20.1 Å². The van der Waals surface area contributed by atoms with Crippen molar-refractivity contribution in [1.29, 1.82) is 0 Å². The van der Waals surface area contributed by atoms with E-state index in [1.165, 1.54) is 24.8 Å². The Morgan fingerprint density at radius 1 is 0.882 bits per heavy atom. The highest BCUT2D eigenvalue weighted by Crippen LogP contribution is 2.77. The monoisotopic (exact) mass is 472 g/mol. The molecule has 4 heteroatoms. The molecule has 4 unspecified atom stereocenters. The Balaban J connectivity index is 1.56. The fourth-order valence-electron chi connectivity index (χ4n) is 11.5. The van der Waals surface area contributed by atoms with Crippen LogP contribution in [0.4, 0.5) is 0 Å². The highest BCUT2D eigenvalue weighted by Gasteiger charge is 2.72. The number of hydrogen-bond donors (Lipinski definition) is 3. The van der Waals surface area contributed by atoms with Gasteiger partial charge in [0.2, 0.25) is 0 Å². The highest BCUT2D eigenvalue weighted by atomic mass is 16.4. The van der Waals surface area contributed by atoms with Crippen molar-refractivity contribution in [2.24, 2.45) is 56.7 Å². The molecule has 4 nitrogen and oxygen atoms in total. The Bertz CT molecular complexity index is 883. The van der Waals surface area contributed by atoms with E-state index in [0.29, 0.717) is 36.7 Å². The van der Waals surface area contributed by atoms with E-state index in [2.05, 4.69) is 34.3 Å². The SMILES string of the molecule is C=C(C)[C@@H]1CC[C@]2(CO)CC[C@]3(C)C(CCC4[C@@]5(C)CC[C@@H](O)[C@](C)(C(=O)O)C5CC[C@]43C)C12. The Kier molecular flexibility index (Phi) is 5.52. The number of hydrogen-bond acceptors (Lipinski definition) is 3. The number of carboxylic acids is 1. The maximum Gasteiger partial charge on any atom is 0.312 e. The third-order valence-corrected chi connectivity index (χ3v) is 13.7. The molecule has 34 heavy (non-hydrogen) atoms. The first-order valence-corrected chi connectivity index (χ1v) is 14.0. The molecule has 0 spiro atoms. The molecule has 5 fully saturated rings. The quantitative estimate of drug-likeness (QED) is 0.436. The summed E-state index contributed by atoms with van der Waals surface area (Å²) in [6.07, 6.45) is 9.63. The predicted octanol–water partition coefficient (Wildman–Crippen LogP) is 6.06. The van der Waals surface area contributed by atoms with E-state index in [0.717, 1.165) is 38.5 Å². The van der Waals surface area contributed by atoms with Gasteiger partial charge in [0.05, 0.1) is 11.5 Å². The third kappa shape index (κ3) is 2.76. The molecule has 0 saturated heterocycles. The van der Waals surface area contributed by atoms with Gasteiger partial charge in [-0.1, -0.05) is 32.9 Å². The molecular weight excluding hydrogens is 424 g/mol. The lowest BCUT2D eigenvalue weighted by molar-refractivity contribution is -0.252. The first-order chi connectivity index (χ1) is 15.8. The van der Waals surface area contributed by atoms with Crippen LogP contribution in [0, 0.1) is 56.7 Å². The van der Waals surface area contributed by atoms with E-state index in [4.69, 9.17) is 0 Å². The molecule has 0 aromatic rings. The summed E-state index contributed by atoms with van der Waals surface area (Å²) in [6, 6.07) is 0. The second kappa shape index (κ2) is 7.57. The zero-order valence-corrected chi connectivity index (χ0v) is 22.2. The van der Waals surface area contributed by atoms with Gasteiger partial charge < -0.3 is 15.3 Å². The molecule has 5 aliphatic carbocycles. The summed E-state index contributed by atoms with van der Waals surface area (Å²) in [5, 5.41) is 31.8. The lowest BCUT2D eigenvalue weighted by atomic mass is 9.32. The van der Waals surface area contributed by atoms with Crippen molar-refractivity contribution in [2.75, 3.05) is 6.61 Å². The summed E-state index contributed by atoms with van der Waals surface area (Å²) < 4.78 is 0. The van der Waals surface area contributed by atoms with Gasteiger partial charge in [-0.2, -0.15) is 0 Å². The van der Waals surface area contributed by atoms with Crippen LogP contribution in [-0.2, 0) is 4.79 Å². The van der Waals surface area contributed by atoms with Gasteiger partial charge >= 0.3 is 5.97 Å². The van der Waals surface area contributed by atoms with Crippen molar-refractivity contribution in [3.05, 3.63) is 12.2 Å². The van der Waals surface area contributed by atoms with E-state index >= 15 is 0 Å². The van der Waals surface area contributed by atoms with E-state index in [1.54, 1.807) is 0 Å². The van der Waals surface area contributed by atoms with Crippen LogP contribution >= 0.6 is 0 Å². The molecule has 11 atom stereocenters. The maximum atomic E-state index is 12.5. The summed E-state index contributed by atoms with van der Waals surface area (Å²) in [5.41, 5.74) is 0.609. The second-order valence-corrected chi connectivity index (χ2v) is 14.3. The van der Waals surface area contributed by atoms with Crippen LogP contribution in [0.1, 0.15) is 98.8 Å². The second-order valence-electron chi connectivity index (χ2n) is 14.3. The van der Waals surface area contributed by atoms with Crippen LogP contribution in [0.15, 0.2) is 12.2 Å². The molecule has 0 amide bonds. The van der Waals surface area contributed by atoms with Gasteiger partial charge in [0, 0.05) is 6.61 Å². The molecule has 5 rings (SSSR count). The zero-order chi connectivity index (χ0) is 24.9. The maximum absolute atomic E-state index is 12.5. The molecule has 0 aromatic heterocycles. The average Bonchev–Trinajstić information content (AvgIpc) is 3.17. The fraction of sp³-hybridized carbons (Fsp3) is 0.900. The van der Waals surface area contributed by atoms with Crippen LogP contribution in [0.2, 0.25) is 0 Å². The first kappa shape index (κ1) is 24.8. The number of aliphatic carboxylic acids is 1. The number of allylic oxidation sites excluding steroid dienone is 1. The van der Waals surface area contributed by atoms with Crippen molar-refractivity contribution >= 4 is 5.97 Å². The molecule has 0 bridgehead atoms. The number of carboxylic acid groups (broad SMARTS) is 1. The van der Waals surface area contributed by atoms with Gasteiger partial charge in [0.15, 0.2) is 0 Å². The standard InChI is InChI=1S/C30H48O4/c1-18(2)19-9-14-30(17-31)16-15-27(4)20(24(19)30)7-8-21-26(3)12-11-23(32)29(6,25(33)34)22(26)10-13-28(21,27)5/h19-24,31-32H,1,7-17H2,2-6H3,(H,33,34)/t19-,20?,21?,22?,23+,24?,26+,27+,28+,29+,30+/m0/s1. The van der Waals surface area contributed by atoms with Gasteiger partial charge in [0.1, 0.15) is 0 Å². The third-order valence-electron chi connectivity index (χ3n) is 13.7. The molecule has 0 heterocycles. The highest BCUT2D eigenvalue weighted by molar-refractivity contribution is 5.76. The van der Waals surface area contributed by atoms with Crippen LogP contribution in [-0.4, -0.2) is 34.0 Å². The van der Waals surface area contributed by atoms with Crippen molar-refractivity contribution in [2.45, 2.75) is 105 Å². The summed E-state index contributed by atoms with van der Waals surface area (Å²) >= 11 is 0. The minimum Gasteiger partial charge on any atom is -0.481 e.